The fourth-order valence-corrected chi connectivity index (χ4v) is 1.65. The quantitative estimate of drug-likeness (QED) is 0.465. The Balaban J connectivity index is 1.85. The van der Waals surface area contributed by atoms with Crippen LogP contribution in [0.25, 0.3) is 0 Å². The molecule has 0 spiro atoms. The largest absolute Gasteiger partial charge is 0.427 e. The second kappa shape index (κ2) is 6.44. The molecule has 0 fully saturated rings. The van der Waals surface area contributed by atoms with Crippen LogP contribution in [0.15, 0.2) is 59.8 Å². The highest BCUT2D eigenvalue weighted by Gasteiger charge is 2.05. The highest BCUT2D eigenvalue weighted by atomic mass is 16.5. The van der Waals surface area contributed by atoms with Gasteiger partial charge in [0.05, 0.1) is 0 Å². The Morgan fingerprint density at radius 2 is 1.68 bits per heavy atom. The summed E-state index contributed by atoms with van der Waals surface area (Å²) in [6, 6.07) is 15.9. The fraction of sp³-hybridized carbons (Fsp3) is 0.133. The molecular weight excluding hydrogens is 242 g/mol. The van der Waals surface area contributed by atoms with Crippen molar-refractivity contribution in [3.05, 3.63) is 65.1 Å². The zero-order valence-electron chi connectivity index (χ0n) is 10.3. The maximum Gasteiger partial charge on any atom is 0.311 e. The molecule has 0 radical (unpaired) electrons. The van der Waals surface area contributed by atoms with Crippen LogP contribution in [0.1, 0.15) is 12.0 Å². The molecule has 2 aromatic carbocycles. The van der Waals surface area contributed by atoms with Gasteiger partial charge in [-0.1, -0.05) is 30.3 Å². The van der Waals surface area contributed by atoms with Gasteiger partial charge in [0.15, 0.2) is 0 Å². The molecule has 0 saturated carbocycles. The van der Waals surface area contributed by atoms with Crippen LogP contribution < -0.4 is 4.74 Å². The summed E-state index contributed by atoms with van der Waals surface area (Å²) in [5.74, 6) is 0.126. The predicted molar refractivity (Wildman–Crippen MR) is 72.3 cm³/mol. The molecule has 0 aliphatic heterocycles. The van der Waals surface area contributed by atoms with Crippen molar-refractivity contribution in [2.75, 3.05) is 0 Å². The van der Waals surface area contributed by atoms with Crippen molar-refractivity contribution in [3.8, 4) is 5.75 Å². The summed E-state index contributed by atoms with van der Waals surface area (Å²) in [5.41, 5.74) is 1.41. The molecule has 4 heteroatoms. The Kier molecular flexibility index (Phi) is 4.39. The number of hydrogen-bond donors (Lipinski definition) is 0. The van der Waals surface area contributed by atoms with Gasteiger partial charge >= 0.3 is 5.97 Å². The standard InChI is InChI=1S/C15H13NO3/c17-15(11-6-12-4-2-1-3-5-12)19-14-9-7-13(16-18)8-10-14/h1-5,7-10H,6,11H2. The molecule has 0 amide bonds. The predicted octanol–water partition coefficient (Wildman–Crippen LogP) is 3.62. The maximum atomic E-state index is 11.6. The van der Waals surface area contributed by atoms with Crippen molar-refractivity contribution in [1.82, 2.24) is 0 Å². The van der Waals surface area contributed by atoms with Crippen LogP contribution in [0.5, 0.6) is 5.75 Å². The van der Waals surface area contributed by atoms with Gasteiger partial charge in [0.25, 0.3) is 0 Å². The minimum Gasteiger partial charge on any atom is -0.427 e. The highest BCUT2D eigenvalue weighted by molar-refractivity contribution is 5.72. The number of aryl methyl sites for hydroxylation is 1. The van der Waals surface area contributed by atoms with Gasteiger partial charge < -0.3 is 4.74 Å². The summed E-state index contributed by atoms with van der Waals surface area (Å²) in [7, 11) is 0. The first-order valence-corrected chi connectivity index (χ1v) is 5.96. The molecule has 0 aromatic heterocycles. The van der Waals surface area contributed by atoms with Crippen molar-refractivity contribution in [1.29, 1.82) is 0 Å². The number of esters is 1. The number of carbonyl (C=O) groups excluding carboxylic acids is 1. The molecule has 0 aliphatic rings. The van der Waals surface area contributed by atoms with E-state index in [0.717, 1.165) is 5.56 Å². The van der Waals surface area contributed by atoms with E-state index in [9.17, 15) is 9.70 Å². The van der Waals surface area contributed by atoms with Crippen molar-refractivity contribution < 1.29 is 9.53 Å². The van der Waals surface area contributed by atoms with Crippen LogP contribution in [-0.4, -0.2) is 5.97 Å². The number of ether oxygens (including phenoxy) is 1. The molecule has 2 rings (SSSR count). The minimum absolute atomic E-state index is 0.296. The summed E-state index contributed by atoms with van der Waals surface area (Å²) >= 11 is 0. The van der Waals surface area contributed by atoms with Crippen LogP contribution >= 0.6 is 0 Å². The lowest BCUT2D eigenvalue weighted by Crippen LogP contribution is -2.08. The SMILES string of the molecule is O=Nc1ccc(OC(=O)CCc2ccccc2)cc1. The van der Waals surface area contributed by atoms with Gasteiger partial charge in [0, 0.05) is 6.42 Å². The van der Waals surface area contributed by atoms with Gasteiger partial charge in [-0.2, -0.15) is 0 Å². The Morgan fingerprint density at radius 3 is 2.32 bits per heavy atom. The van der Waals surface area contributed by atoms with E-state index in [0.29, 0.717) is 24.3 Å². The number of nitroso groups, excluding NO2 is 1. The zero-order chi connectivity index (χ0) is 13.5. The lowest BCUT2D eigenvalue weighted by atomic mass is 10.1. The van der Waals surface area contributed by atoms with Crippen molar-refractivity contribution in [2.24, 2.45) is 5.18 Å². The highest BCUT2D eigenvalue weighted by Crippen LogP contribution is 2.18. The van der Waals surface area contributed by atoms with Gasteiger partial charge in [-0.3, -0.25) is 4.79 Å². The summed E-state index contributed by atoms with van der Waals surface area (Å²) in [4.78, 5) is 21.9. The van der Waals surface area contributed by atoms with E-state index in [1.165, 1.54) is 12.1 Å². The molecule has 0 aliphatic carbocycles. The molecular formula is C15H13NO3. The van der Waals surface area contributed by atoms with Gasteiger partial charge in [0.1, 0.15) is 11.4 Å². The Bertz CT molecular complexity index is 549. The normalized spacial score (nSPS) is 9.89. The molecule has 2 aromatic rings. The second-order valence-corrected chi connectivity index (χ2v) is 4.04. The number of rotatable bonds is 5. The van der Waals surface area contributed by atoms with E-state index in [-0.39, 0.29) is 5.97 Å². The second-order valence-electron chi connectivity index (χ2n) is 4.04. The number of carbonyl (C=O) groups is 1. The van der Waals surface area contributed by atoms with Gasteiger partial charge in [-0.05, 0) is 41.4 Å². The van der Waals surface area contributed by atoms with E-state index in [4.69, 9.17) is 4.74 Å². The average Bonchev–Trinajstić information content (AvgIpc) is 2.47. The summed E-state index contributed by atoms with van der Waals surface area (Å²) in [5, 5.41) is 2.78. The molecule has 4 nitrogen and oxygen atoms in total. The Morgan fingerprint density at radius 1 is 1.00 bits per heavy atom. The van der Waals surface area contributed by atoms with Crippen LogP contribution in [0.3, 0.4) is 0 Å². The molecule has 0 atom stereocenters. The summed E-state index contributed by atoms with van der Waals surface area (Å²) in [6.45, 7) is 0. The molecule has 0 heterocycles. The zero-order valence-corrected chi connectivity index (χ0v) is 10.3. The van der Waals surface area contributed by atoms with E-state index in [1.807, 2.05) is 30.3 Å². The van der Waals surface area contributed by atoms with Crippen LogP contribution in [0, 0.1) is 4.91 Å². The first-order chi connectivity index (χ1) is 9.28. The fourth-order valence-electron chi connectivity index (χ4n) is 1.65. The minimum atomic E-state index is -0.296. The third-order valence-corrected chi connectivity index (χ3v) is 2.63. The lowest BCUT2D eigenvalue weighted by molar-refractivity contribution is -0.134. The van der Waals surface area contributed by atoms with Crippen molar-refractivity contribution >= 4 is 11.7 Å². The first kappa shape index (κ1) is 13.0. The Labute approximate surface area is 111 Å². The van der Waals surface area contributed by atoms with E-state index in [2.05, 4.69) is 5.18 Å². The molecule has 0 unspecified atom stereocenters. The van der Waals surface area contributed by atoms with Crippen molar-refractivity contribution in [3.63, 3.8) is 0 Å². The number of benzene rings is 2. The maximum absolute atomic E-state index is 11.6. The third-order valence-electron chi connectivity index (χ3n) is 2.63. The van der Waals surface area contributed by atoms with E-state index in [1.54, 1.807) is 12.1 Å². The van der Waals surface area contributed by atoms with Crippen LogP contribution in [-0.2, 0) is 11.2 Å². The smallest absolute Gasteiger partial charge is 0.311 e. The molecule has 96 valence electrons. The number of nitrogens with zero attached hydrogens (tertiary/aromatic N) is 1. The molecule has 0 saturated heterocycles. The lowest BCUT2D eigenvalue weighted by Gasteiger charge is -2.04. The summed E-state index contributed by atoms with van der Waals surface area (Å²) in [6.07, 6.45) is 0.964. The van der Waals surface area contributed by atoms with Crippen molar-refractivity contribution in [2.45, 2.75) is 12.8 Å². The topological polar surface area (TPSA) is 55.7 Å². The monoisotopic (exact) mass is 255 g/mol. The number of hydrogen-bond acceptors (Lipinski definition) is 4. The summed E-state index contributed by atoms with van der Waals surface area (Å²) < 4.78 is 5.15. The molecule has 0 N–H and O–H groups in total. The first-order valence-electron chi connectivity index (χ1n) is 5.96. The third kappa shape index (κ3) is 4.03. The molecule has 0 bridgehead atoms. The average molecular weight is 255 g/mol. The van der Waals surface area contributed by atoms with Crippen LogP contribution in [0.2, 0.25) is 0 Å². The Hall–Kier alpha value is -2.49. The van der Waals surface area contributed by atoms with Crippen LogP contribution in [0.4, 0.5) is 5.69 Å². The van der Waals surface area contributed by atoms with Gasteiger partial charge in [-0.25, -0.2) is 0 Å². The van der Waals surface area contributed by atoms with E-state index < -0.39 is 0 Å². The molecule has 19 heavy (non-hydrogen) atoms. The van der Waals surface area contributed by atoms with Gasteiger partial charge in [-0.15, -0.1) is 4.91 Å². The van der Waals surface area contributed by atoms with Gasteiger partial charge in [0.2, 0.25) is 0 Å². The van der Waals surface area contributed by atoms with E-state index >= 15 is 0 Å².